The molecule has 0 aliphatic carbocycles. The van der Waals surface area contributed by atoms with E-state index < -0.39 is 0 Å². The van der Waals surface area contributed by atoms with Crippen LogP contribution in [-0.2, 0) is 0 Å². The second kappa shape index (κ2) is 6.51. The molecule has 2 aromatic carbocycles. The lowest BCUT2D eigenvalue weighted by molar-refractivity contribution is 0.103. The summed E-state index contributed by atoms with van der Waals surface area (Å²) in [7, 11) is 0. The SMILES string of the molecule is Cc1ccc(NC(=O)c2sc3nc4c(C)ccc(C)c4cc3c2N)cc1Cl. The minimum absolute atomic E-state index is 0.257. The zero-order valence-electron chi connectivity index (χ0n) is 15.2. The smallest absolute Gasteiger partial charge is 0.267 e. The van der Waals surface area contributed by atoms with Crippen molar-refractivity contribution < 1.29 is 4.79 Å². The van der Waals surface area contributed by atoms with Crippen molar-refractivity contribution in [1.29, 1.82) is 0 Å². The number of hydrogen-bond acceptors (Lipinski definition) is 4. The number of carbonyl (C=O) groups excluding carboxylic acids is 1. The Kier molecular flexibility index (Phi) is 4.29. The van der Waals surface area contributed by atoms with Crippen LogP contribution in [0.2, 0.25) is 5.02 Å². The first-order valence-corrected chi connectivity index (χ1v) is 9.71. The molecular formula is C21H18ClN3OS. The molecule has 0 unspecified atom stereocenters. The number of aryl methyl sites for hydroxylation is 3. The molecule has 0 radical (unpaired) electrons. The number of nitrogens with one attached hydrogen (secondary N) is 1. The number of nitrogens with two attached hydrogens (primary N) is 1. The molecule has 0 atom stereocenters. The van der Waals surface area contributed by atoms with Crippen molar-refractivity contribution in [2.24, 2.45) is 0 Å². The van der Waals surface area contributed by atoms with Gasteiger partial charge in [0.25, 0.3) is 5.91 Å². The fourth-order valence-corrected chi connectivity index (χ4v) is 4.24. The van der Waals surface area contributed by atoms with E-state index in [9.17, 15) is 4.79 Å². The topological polar surface area (TPSA) is 68.0 Å². The Bertz CT molecular complexity index is 1230. The highest BCUT2D eigenvalue weighted by Crippen LogP contribution is 2.36. The van der Waals surface area contributed by atoms with Gasteiger partial charge in [-0.05, 0) is 55.7 Å². The lowest BCUT2D eigenvalue weighted by Crippen LogP contribution is -2.11. The third-order valence-corrected chi connectivity index (χ3v) is 6.26. The summed E-state index contributed by atoms with van der Waals surface area (Å²) >= 11 is 7.45. The summed E-state index contributed by atoms with van der Waals surface area (Å²) in [6, 6.07) is 11.6. The summed E-state index contributed by atoms with van der Waals surface area (Å²) < 4.78 is 0. The molecule has 3 N–H and O–H groups in total. The molecule has 2 heterocycles. The molecule has 6 heteroatoms. The first-order chi connectivity index (χ1) is 12.8. The van der Waals surface area contributed by atoms with Gasteiger partial charge in [-0.3, -0.25) is 4.79 Å². The van der Waals surface area contributed by atoms with Gasteiger partial charge >= 0.3 is 0 Å². The van der Waals surface area contributed by atoms with E-state index in [1.54, 1.807) is 6.07 Å². The third-order valence-electron chi connectivity index (χ3n) is 4.74. The lowest BCUT2D eigenvalue weighted by Gasteiger charge is -2.06. The lowest BCUT2D eigenvalue weighted by atomic mass is 10.0. The molecule has 1 amide bonds. The monoisotopic (exact) mass is 395 g/mol. The van der Waals surface area contributed by atoms with Gasteiger partial charge in [-0.15, -0.1) is 11.3 Å². The van der Waals surface area contributed by atoms with Gasteiger partial charge in [0.15, 0.2) is 0 Å². The van der Waals surface area contributed by atoms with Gasteiger partial charge in [-0.1, -0.05) is 29.8 Å². The Balaban J connectivity index is 1.79. The average molecular weight is 396 g/mol. The number of thiophene rings is 1. The van der Waals surface area contributed by atoms with Gasteiger partial charge in [-0.25, -0.2) is 4.98 Å². The molecule has 0 bridgehead atoms. The summed E-state index contributed by atoms with van der Waals surface area (Å²) in [5, 5.41) is 5.35. The molecule has 136 valence electrons. The maximum absolute atomic E-state index is 12.8. The molecule has 0 saturated heterocycles. The van der Waals surface area contributed by atoms with Gasteiger partial charge in [0.1, 0.15) is 9.71 Å². The molecule has 0 saturated carbocycles. The van der Waals surface area contributed by atoms with E-state index in [0.717, 1.165) is 37.8 Å². The van der Waals surface area contributed by atoms with Gasteiger partial charge in [0.05, 0.1) is 11.2 Å². The number of pyridine rings is 1. The van der Waals surface area contributed by atoms with Crippen molar-refractivity contribution >= 4 is 61.3 Å². The maximum atomic E-state index is 12.8. The van der Waals surface area contributed by atoms with Crippen LogP contribution in [0.4, 0.5) is 11.4 Å². The molecule has 0 fully saturated rings. The molecule has 0 spiro atoms. The zero-order chi connectivity index (χ0) is 19.3. The van der Waals surface area contributed by atoms with Crippen molar-refractivity contribution in [3.63, 3.8) is 0 Å². The Morgan fingerprint density at radius 3 is 2.48 bits per heavy atom. The van der Waals surface area contributed by atoms with Gasteiger partial charge in [0, 0.05) is 21.5 Å². The average Bonchev–Trinajstić information content (AvgIpc) is 2.97. The predicted octanol–water partition coefficient (Wildman–Crippen LogP) is 5.86. The number of fused-ring (bicyclic) bond motifs is 2. The van der Waals surface area contributed by atoms with E-state index in [4.69, 9.17) is 22.3 Å². The van der Waals surface area contributed by atoms with Crippen LogP contribution in [0.25, 0.3) is 21.1 Å². The van der Waals surface area contributed by atoms with Gasteiger partial charge < -0.3 is 11.1 Å². The first-order valence-electron chi connectivity index (χ1n) is 8.51. The predicted molar refractivity (Wildman–Crippen MR) is 115 cm³/mol. The number of halogens is 1. The van der Waals surface area contributed by atoms with Crippen molar-refractivity contribution in [1.82, 2.24) is 4.98 Å². The molecule has 2 aromatic heterocycles. The maximum Gasteiger partial charge on any atom is 0.267 e. The zero-order valence-corrected chi connectivity index (χ0v) is 16.8. The number of carbonyl (C=O) groups is 1. The molecule has 0 aliphatic heterocycles. The Morgan fingerprint density at radius 2 is 1.74 bits per heavy atom. The van der Waals surface area contributed by atoms with Crippen LogP contribution in [0.5, 0.6) is 0 Å². The third kappa shape index (κ3) is 3.03. The number of amides is 1. The van der Waals surface area contributed by atoms with E-state index in [0.29, 0.717) is 21.3 Å². The Labute approximate surface area is 166 Å². The van der Waals surface area contributed by atoms with Crippen molar-refractivity contribution in [3.05, 3.63) is 63.0 Å². The highest BCUT2D eigenvalue weighted by molar-refractivity contribution is 7.21. The van der Waals surface area contributed by atoms with Crippen LogP contribution in [0.15, 0.2) is 36.4 Å². The largest absolute Gasteiger partial charge is 0.397 e. The molecule has 27 heavy (non-hydrogen) atoms. The van der Waals surface area contributed by atoms with Crippen LogP contribution in [-0.4, -0.2) is 10.9 Å². The highest BCUT2D eigenvalue weighted by Gasteiger charge is 2.19. The van der Waals surface area contributed by atoms with Gasteiger partial charge in [-0.2, -0.15) is 0 Å². The standard InChI is InChI=1S/C21H18ClN3OS/c1-10-4-5-12(3)18-14(10)9-15-17(23)19(27-21(15)25-18)20(26)24-13-7-6-11(2)16(22)8-13/h4-9H,23H2,1-3H3,(H,24,26). The second-order valence-electron chi connectivity index (χ2n) is 6.70. The summed E-state index contributed by atoms with van der Waals surface area (Å²) in [6.45, 7) is 6.00. The van der Waals surface area contributed by atoms with E-state index >= 15 is 0 Å². The summed E-state index contributed by atoms with van der Waals surface area (Å²) in [6.07, 6.45) is 0. The molecule has 4 rings (SSSR count). The molecule has 4 aromatic rings. The van der Waals surface area contributed by atoms with Crippen LogP contribution >= 0.6 is 22.9 Å². The van der Waals surface area contributed by atoms with E-state index in [2.05, 4.69) is 17.4 Å². The molecule has 4 nitrogen and oxygen atoms in total. The number of aromatic nitrogens is 1. The van der Waals surface area contributed by atoms with Gasteiger partial charge in [0.2, 0.25) is 0 Å². The van der Waals surface area contributed by atoms with Crippen LogP contribution in [0, 0.1) is 20.8 Å². The Hall–Kier alpha value is -2.63. The highest BCUT2D eigenvalue weighted by atomic mass is 35.5. The minimum Gasteiger partial charge on any atom is -0.397 e. The van der Waals surface area contributed by atoms with Crippen LogP contribution < -0.4 is 11.1 Å². The molecular weight excluding hydrogens is 378 g/mol. The van der Waals surface area contributed by atoms with Crippen LogP contribution in [0.3, 0.4) is 0 Å². The summed E-state index contributed by atoms with van der Waals surface area (Å²) in [5.41, 5.74) is 11.5. The summed E-state index contributed by atoms with van der Waals surface area (Å²) in [4.78, 5) is 18.8. The normalized spacial score (nSPS) is 11.3. The second-order valence-corrected chi connectivity index (χ2v) is 8.11. The Morgan fingerprint density at radius 1 is 1.04 bits per heavy atom. The number of benzene rings is 2. The number of anilines is 2. The number of nitrogens with zero attached hydrogens (tertiary/aromatic N) is 1. The first kappa shape index (κ1) is 17.8. The minimum atomic E-state index is -0.257. The van der Waals surface area contributed by atoms with Crippen molar-refractivity contribution in [2.45, 2.75) is 20.8 Å². The van der Waals surface area contributed by atoms with Crippen LogP contribution in [0.1, 0.15) is 26.4 Å². The number of rotatable bonds is 2. The fourth-order valence-electron chi connectivity index (χ4n) is 3.09. The fraction of sp³-hybridized carbons (Fsp3) is 0.143. The van der Waals surface area contributed by atoms with E-state index in [-0.39, 0.29) is 5.91 Å². The van der Waals surface area contributed by atoms with Crippen molar-refractivity contribution in [2.75, 3.05) is 11.1 Å². The number of nitrogen functional groups attached to an aromatic ring is 1. The van der Waals surface area contributed by atoms with E-state index in [1.807, 2.05) is 39.0 Å². The summed E-state index contributed by atoms with van der Waals surface area (Å²) in [5.74, 6) is -0.257. The van der Waals surface area contributed by atoms with E-state index in [1.165, 1.54) is 11.3 Å². The molecule has 0 aliphatic rings. The quantitative estimate of drug-likeness (QED) is 0.446. The number of hydrogen-bond donors (Lipinski definition) is 2. The van der Waals surface area contributed by atoms with Crippen molar-refractivity contribution in [3.8, 4) is 0 Å².